The van der Waals surface area contributed by atoms with Crippen molar-refractivity contribution in [1.82, 2.24) is 10.2 Å². The van der Waals surface area contributed by atoms with Crippen molar-refractivity contribution < 1.29 is 28.6 Å². The number of nitrogens with one attached hydrogen (secondary N) is 2. The van der Waals surface area contributed by atoms with Crippen LogP contribution in [0.15, 0.2) is 60.7 Å². The van der Waals surface area contributed by atoms with Gasteiger partial charge in [0.1, 0.15) is 18.2 Å². The van der Waals surface area contributed by atoms with Gasteiger partial charge in [-0.3, -0.25) is 14.4 Å². The SMILES string of the molecule is CC(C)c1ccc(NC(=O)[C@H]2[C@H]3C=C[C@@]4(O3)[C@H]2C(=O)N(C[C@@H]2COc3ccccc3O2)[C@@H]4C(=O)N[C@@H]2CCC[C@H](C)[C@H]2C)cc1. The third kappa shape index (κ3) is 5.09. The van der Waals surface area contributed by atoms with Crippen molar-refractivity contribution in [3.63, 3.8) is 0 Å². The summed E-state index contributed by atoms with van der Waals surface area (Å²) < 4.78 is 18.8. The first-order valence-electron chi connectivity index (χ1n) is 16.4. The van der Waals surface area contributed by atoms with E-state index in [4.69, 9.17) is 14.2 Å². The first kappa shape index (κ1) is 29.8. The molecule has 2 bridgehead atoms. The van der Waals surface area contributed by atoms with E-state index in [1.165, 1.54) is 5.56 Å². The fourth-order valence-corrected chi connectivity index (χ4v) is 8.06. The lowest BCUT2D eigenvalue weighted by molar-refractivity contribution is -0.143. The predicted octanol–water partition coefficient (Wildman–Crippen LogP) is 4.68. The second-order valence-electron chi connectivity index (χ2n) is 13.8. The summed E-state index contributed by atoms with van der Waals surface area (Å²) in [7, 11) is 0. The molecule has 9 nitrogen and oxygen atoms in total. The number of benzene rings is 2. The van der Waals surface area contributed by atoms with Crippen LogP contribution in [0.3, 0.4) is 0 Å². The third-order valence-electron chi connectivity index (χ3n) is 10.8. The molecule has 1 saturated carbocycles. The van der Waals surface area contributed by atoms with Gasteiger partial charge in [-0.15, -0.1) is 0 Å². The van der Waals surface area contributed by atoms with Gasteiger partial charge in [-0.25, -0.2) is 0 Å². The summed E-state index contributed by atoms with van der Waals surface area (Å²) in [5.41, 5.74) is 0.590. The highest BCUT2D eigenvalue weighted by molar-refractivity contribution is 6.02. The van der Waals surface area contributed by atoms with Gasteiger partial charge in [-0.1, -0.05) is 77.0 Å². The topological polar surface area (TPSA) is 106 Å². The zero-order valence-corrected chi connectivity index (χ0v) is 26.4. The molecule has 3 amide bonds. The Balaban J connectivity index is 1.17. The summed E-state index contributed by atoms with van der Waals surface area (Å²) in [5.74, 6) is 0.00439. The van der Waals surface area contributed by atoms with Crippen LogP contribution in [0.5, 0.6) is 11.5 Å². The fraction of sp³-hybridized carbons (Fsp3) is 0.528. The van der Waals surface area contributed by atoms with E-state index in [9.17, 15) is 14.4 Å². The highest BCUT2D eigenvalue weighted by Crippen LogP contribution is 2.55. The summed E-state index contributed by atoms with van der Waals surface area (Å²) in [6.45, 7) is 9.02. The number of para-hydroxylation sites is 2. The number of hydrogen-bond acceptors (Lipinski definition) is 6. The molecule has 5 aliphatic rings. The van der Waals surface area contributed by atoms with Crippen LogP contribution in [-0.4, -0.2) is 65.7 Å². The average molecular weight is 614 g/mol. The molecule has 45 heavy (non-hydrogen) atoms. The Hall–Kier alpha value is -3.85. The maximum Gasteiger partial charge on any atom is 0.246 e. The second-order valence-corrected chi connectivity index (χ2v) is 13.8. The largest absolute Gasteiger partial charge is 0.486 e. The molecular weight excluding hydrogens is 570 g/mol. The van der Waals surface area contributed by atoms with E-state index in [1.54, 1.807) is 4.90 Å². The number of hydrogen-bond donors (Lipinski definition) is 2. The van der Waals surface area contributed by atoms with Crippen molar-refractivity contribution in [2.24, 2.45) is 23.7 Å². The third-order valence-corrected chi connectivity index (χ3v) is 10.8. The quantitative estimate of drug-likeness (QED) is 0.440. The Bertz CT molecular complexity index is 1510. The minimum Gasteiger partial charge on any atom is -0.486 e. The van der Waals surface area contributed by atoms with Gasteiger partial charge in [0.05, 0.1) is 24.5 Å². The van der Waals surface area contributed by atoms with Gasteiger partial charge in [-0.05, 0) is 54.0 Å². The number of ether oxygens (including phenoxy) is 3. The molecule has 1 spiro atoms. The molecule has 0 radical (unpaired) electrons. The fourth-order valence-electron chi connectivity index (χ4n) is 8.06. The molecular formula is C36H43N3O6. The minimum absolute atomic E-state index is 0.00489. The predicted molar refractivity (Wildman–Crippen MR) is 169 cm³/mol. The lowest BCUT2D eigenvalue weighted by Crippen LogP contribution is -2.59. The van der Waals surface area contributed by atoms with E-state index in [2.05, 4.69) is 38.3 Å². The molecule has 238 valence electrons. The Labute approximate surface area is 264 Å². The van der Waals surface area contributed by atoms with E-state index >= 15 is 0 Å². The molecule has 2 aromatic carbocycles. The van der Waals surface area contributed by atoms with Crippen LogP contribution in [0.25, 0.3) is 0 Å². The van der Waals surface area contributed by atoms with E-state index in [0.29, 0.717) is 34.9 Å². The number of fused-ring (bicyclic) bond motifs is 2. The molecule has 2 saturated heterocycles. The summed E-state index contributed by atoms with van der Waals surface area (Å²) in [6, 6.07) is 14.3. The highest BCUT2D eigenvalue weighted by atomic mass is 16.6. The molecule has 7 rings (SSSR count). The van der Waals surface area contributed by atoms with Crippen molar-refractivity contribution >= 4 is 23.4 Å². The summed E-state index contributed by atoms with van der Waals surface area (Å²) in [4.78, 5) is 44.3. The van der Waals surface area contributed by atoms with Gasteiger partial charge in [0.25, 0.3) is 0 Å². The van der Waals surface area contributed by atoms with Crippen molar-refractivity contribution in [3.05, 3.63) is 66.2 Å². The van der Waals surface area contributed by atoms with E-state index < -0.39 is 35.7 Å². The summed E-state index contributed by atoms with van der Waals surface area (Å²) in [5, 5.41) is 6.34. The number of nitrogens with zero attached hydrogens (tertiary/aromatic N) is 1. The van der Waals surface area contributed by atoms with Crippen LogP contribution in [0, 0.1) is 23.7 Å². The monoisotopic (exact) mass is 613 g/mol. The summed E-state index contributed by atoms with van der Waals surface area (Å²) >= 11 is 0. The van der Waals surface area contributed by atoms with Crippen LogP contribution in [0.2, 0.25) is 0 Å². The number of carbonyl (C=O) groups excluding carboxylic acids is 3. The highest BCUT2D eigenvalue weighted by Gasteiger charge is 2.73. The van der Waals surface area contributed by atoms with E-state index in [-0.39, 0.29) is 36.9 Å². The molecule has 2 aromatic rings. The van der Waals surface area contributed by atoms with Crippen molar-refractivity contribution in [1.29, 1.82) is 0 Å². The van der Waals surface area contributed by atoms with E-state index in [1.807, 2.05) is 60.7 Å². The maximum absolute atomic E-state index is 14.5. The molecule has 2 N–H and O–H groups in total. The average Bonchev–Trinajstić information content (AvgIpc) is 3.67. The Morgan fingerprint density at radius 3 is 2.53 bits per heavy atom. The standard InChI is InChI=1S/C36H43N3O6/c1-20(2)23-12-14-24(15-13-23)37-33(40)30-29-16-17-36(45-29)31(30)35(42)39(18-25-19-43-27-10-5-6-11-28(27)44-25)32(36)34(41)38-26-9-7-8-21(3)22(26)4/h5-6,10-17,20-22,25-26,29-32H,7-9,18-19H2,1-4H3,(H,37,40)(H,38,41)/t21-,22+,25+,26+,29+,30-,31+,32+,36+/m0/s1. The van der Waals surface area contributed by atoms with Gasteiger partial charge < -0.3 is 29.7 Å². The zero-order chi connectivity index (χ0) is 31.5. The normalized spacial score (nSPS) is 34.6. The van der Waals surface area contributed by atoms with Gasteiger partial charge in [0.2, 0.25) is 17.7 Å². The number of likely N-dealkylation sites (tertiary alicyclic amines) is 1. The lowest BCUT2D eigenvalue weighted by atomic mass is 9.73. The smallest absolute Gasteiger partial charge is 0.246 e. The molecule has 9 heteroatoms. The summed E-state index contributed by atoms with van der Waals surface area (Å²) in [6.07, 6.45) is 5.69. The Morgan fingerprint density at radius 2 is 1.78 bits per heavy atom. The molecule has 3 fully saturated rings. The van der Waals surface area contributed by atoms with Crippen LogP contribution in [-0.2, 0) is 19.1 Å². The lowest BCUT2D eigenvalue weighted by Gasteiger charge is -2.38. The van der Waals surface area contributed by atoms with Crippen LogP contribution < -0.4 is 20.1 Å². The molecule has 4 heterocycles. The number of carbonyl (C=O) groups is 3. The first-order chi connectivity index (χ1) is 21.7. The van der Waals surface area contributed by atoms with Crippen LogP contribution in [0.1, 0.15) is 58.4 Å². The maximum atomic E-state index is 14.5. The first-order valence-corrected chi connectivity index (χ1v) is 16.4. The molecule has 9 atom stereocenters. The number of rotatable bonds is 7. The minimum atomic E-state index is -1.24. The molecule has 1 aliphatic carbocycles. The molecule has 0 unspecified atom stereocenters. The molecule has 4 aliphatic heterocycles. The van der Waals surface area contributed by atoms with Crippen molar-refractivity contribution in [3.8, 4) is 11.5 Å². The van der Waals surface area contributed by atoms with Gasteiger partial charge in [-0.2, -0.15) is 0 Å². The molecule has 0 aromatic heterocycles. The van der Waals surface area contributed by atoms with Crippen molar-refractivity contribution in [2.75, 3.05) is 18.5 Å². The number of amides is 3. The second kappa shape index (κ2) is 11.5. The van der Waals surface area contributed by atoms with Gasteiger partial charge in [0, 0.05) is 11.7 Å². The van der Waals surface area contributed by atoms with E-state index in [0.717, 1.165) is 19.3 Å². The van der Waals surface area contributed by atoms with Crippen molar-refractivity contribution in [2.45, 2.75) is 82.8 Å². The van der Waals surface area contributed by atoms with Gasteiger partial charge >= 0.3 is 0 Å². The van der Waals surface area contributed by atoms with Gasteiger partial charge in [0.15, 0.2) is 17.6 Å². The Morgan fingerprint density at radius 1 is 1.02 bits per heavy atom. The van der Waals surface area contributed by atoms with Crippen LogP contribution >= 0.6 is 0 Å². The van der Waals surface area contributed by atoms with Crippen LogP contribution in [0.4, 0.5) is 5.69 Å². The zero-order valence-electron chi connectivity index (χ0n) is 26.4. The number of anilines is 1. The Kier molecular flexibility index (Phi) is 7.63.